The van der Waals surface area contributed by atoms with E-state index in [1.165, 1.54) is 6.07 Å². The summed E-state index contributed by atoms with van der Waals surface area (Å²) in [4.78, 5) is 12.8. The van der Waals surface area contributed by atoms with Gasteiger partial charge in [0.05, 0.1) is 22.8 Å². The highest BCUT2D eigenvalue weighted by Crippen LogP contribution is 2.26. The van der Waals surface area contributed by atoms with E-state index in [-0.39, 0.29) is 35.0 Å². The summed E-state index contributed by atoms with van der Waals surface area (Å²) in [5.41, 5.74) is 10.9. The SMILES string of the molecule is NC(=O)c1cc(N2CCCS(=O)(=O)CC2)c(F)cc1N. The molecule has 1 aliphatic rings. The van der Waals surface area contributed by atoms with Gasteiger partial charge in [-0.1, -0.05) is 0 Å². The van der Waals surface area contributed by atoms with E-state index in [1.54, 1.807) is 4.90 Å². The van der Waals surface area contributed by atoms with Crippen molar-refractivity contribution in [3.8, 4) is 0 Å². The number of amides is 1. The van der Waals surface area contributed by atoms with E-state index in [2.05, 4.69) is 0 Å². The van der Waals surface area contributed by atoms with Crippen molar-refractivity contribution in [2.24, 2.45) is 5.73 Å². The minimum Gasteiger partial charge on any atom is -0.398 e. The summed E-state index contributed by atoms with van der Waals surface area (Å²) >= 11 is 0. The van der Waals surface area contributed by atoms with Crippen molar-refractivity contribution in [3.63, 3.8) is 0 Å². The van der Waals surface area contributed by atoms with Gasteiger partial charge >= 0.3 is 0 Å². The molecule has 6 nitrogen and oxygen atoms in total. The van der Waals surface area contributed by atoms with Crippen LogP contribution in [-0.2, 0) is 9.84 Å². The number of carbonyl (C=O) groups excluding carboxylic acids is 1. The van der Waals surface area contributed by atoms with E-state index in [4.69, 9.17) is 11.5 Å². The molecule has 0 spiro atoms. The first kappa shape index (κ1) is 14.6. The minimum atomic E-state index is -3.09. The van der Waals surface area contributed by atoms with Crippen LogP contribution in [-0.4, -0.2) is 38.9 Å². The summed E-state index contributed by atoms with van der Waals surface area (Å²) in [5.74, 6) is -1.29. The molecular weight excluding hydrogens is 285 g/mol. The molecule has 0 aliphatic carbocycles. The van der Waals surface area contributed by atoms with Crippen LogP contribution in [0.3, 0.4) is 0 Å². The zero-order valence-corrected chi connectivity index (χ0v) is 11.6. The predicted molar refractivity (Wildman–Crippen MR) is 74.8 cm³/mol. The fraction of sp³-hybridized carbons (Fsp3) is 0.417. The highest BCUT2D eigenvalue weighted by atomic mass is 32.2. The van der Waals surface area contributed by atoms with Crippen molar-refractivity contribution in [1.29, 1.82) is 0 Å². The molecule has 0 radical (unpaired) electrons. The Morgan fingerprint density at radius 2 is 1.95 bits per heavy atom. The Kier molecular flexibility index (Phi) is 3.85. The summed E-state index contributed by atoms with van der Waals surface area (Å²) < 4.78 is 37.1. The van der Waals surface area contributed by atoms with Crippen LogP contribution < -0.4 is 16.4 Å². The number of nitrogens with two attached hydrogens (primary N) is 2. The molecule has 1 aromatic carbocycles. The van der Waals surface area contributed by atoms with E-state index in [1.807, 2.05) is 0 Å². The average molecular weight is 301 g/mol. The molecule has 0 aromatic heterocycles. The quantitative estimate of drug-likeness (QED) is 0.755. The second-order valence-electron chi connectivity index (χ2n) is 4.75. The Hall–Kier alpha value is -1.83. The third kappa shape index (κ3) is 3.01. The maximum Gasteiger partial charge on any atom is 0.250 e. The Labute approximate surface area is 116 Å². The number of hydrogen-bond donors (Lipinski definition) is 2. The van der Waals surface area contributed by atoms with Crippen LogP contribution in [0.4, 0.5) is 15.8 Å². The number of nitrogens with zero attached hydrogens (tertiary/aromatic N) is 1. The lowest BCUT2D eigenvalue weighted by atomic mass is 10.1. The molecule has 110 valence electrons. The normalized spacial score (nSPS) is 18.6. The summed E-state index contributed by atoms with van der Waals surface area (Å²) in [6.45, 7) is 0.583. The number of halogens is 1. The van der Waals surface area contributed by atoms with E-state index in [0.717, 1.165) is 6.07 Å². The monoisotopic (exact) mass is 301 g/mol. The van der Waals surface area contributed by atoms with Crippen LogP contribution in [0.5, 0.6) is 0 Å². The van der Waals surface area contributed by atoms with E-state index in [0.29, 0.717) is 13.0 Å². The molecule has 1 amide bonds. The van der Waals surface area contributed by atoms with Crippen LogP contribution in [0.15, 0.2) is 12.1 Å². The number of nitrogen functional groups attached to an aromatic ring is 1. The first-order valence-corrected chi connectivity index (χ1v) is 7.96. The summed E-state index contributed by atoms with van der Waals surface area (Å²) in [5, 5.41) is 0. The van der Waals surface area contributed by atoms with Gasteiger partial charge in [-0.2, -0.15) is 0 Å². The number of carbonyl (C=O) groups is 1. The molecule has 1 aromatic rings. The van der Waals surface area contributed by atoms with Gasteiger partial charge in [0, 0.05) is 18.8 Å². The van der Waals surface area contributed by atoms with Gasteiger partial charge in [0.2, 0.25) is 0 Å². The van der Waals surface area contributed by atoms with Gasteiger partial charge in [-0.25, -0.2) is 12.8 Å². The number of hydrogen-bond acceptors (Lipinski definition) is 5. The molecule has 0 bridgehead atoms. The van der Waals surface area contributed by atoms with Crippen molar-refractivity contribution >= 4 is 27.1 Å². The van der Waals surface area contributed by atoms with E-state index < -0.39 is 21.6 Å². The van der Waals surface area contributed by atoms with Gasteiger partial charge in [-0.3, -0.25) is 4.79 Å². The first-order chi connectivity index (χ1) is 9.30. The Morgan fingerprint density at radius 1 is 1.25 bits per heavy atom. The molecule has 1 aliphatic heterocycles. The molecule has 1 fully saturated rings. The van der Waals surface area contributed by atoms with Crippen LogP contribution in [0.25, 0.3) is 0 Å². The molecule has 0 saturated carbocycles. The highest BCUT2D eigenvalue weighted by molar-refractivity contribution is 7.91. The zero-order valence-electron chi connectivity index (χ0n) is 10.8. The second-order valence-corrected chi connectivity index (χ2v) is 7.05. The lowest BCUT2D eigenvalue weighted by molar-refractivity contribution is 0.100. The largest absolute Gasteiger partial charge is 0.398 e. The third-order valence-electron chi connectivity index (χ3n) is 3.28. The van der Waals surface area contributed by atoms with Gasteiger partial charge in [0.25, 0.3) is 5.91 Å². The van der Waals surface area contributed by atoms with Gasteiger partial charge in [0.15, 0.2) is 9.84 Å². The van der Waals surface area contributed by atoms with Crippen molar-refractivity contribution in [2.75, 3.05) is 35.2 Å². The number of anilines is 2. The summed E-state index contributed by atoms with van der Waals surface area (Å²) in [6, 6.07) is 2.32. The second kappa shape index (κ2) is 5.28. The predicted octanol–water partition coefficient (Wildman–Crippen LogP) is 0.132. The van der Waals surface area contributed by atoms with Crippen molar-refractivity contribution < 1.29 is 17.6 Å². The number of benzene rings is 1. The average Bonchev–Trinajstić information content (AvgIpc) is 2.50. The molecule has 2 rings (SSSR count). The molecule has 8 heteroatoms. The fourth-order valence-electron chi connectivity index (χ4n) is 2.21. The smallest absolute Gasteiger partial charge is 0.250 e. The zero-order chi connectivity index (χ0) is 14.9. The van der Waals surface area contributed by atoms with E-state index >= 15 is 0 Å². The highest BCUT2D eigenvalue weighted by Gasteiger charge is 2.22. The van der Waals surface area contributed by atoms with Gasteiger partial charge in [-0.05, 0) is 18.6 Å². The van der Waals surface area contributed by atoms with E-state index in [9.17, 15) is 17.6 Å². The summed E-state index contributed by atoms with van der Waals surface area (Å²) in [6.07, 6.45) is 0.415. The van der Waals surface area contributed by atoms with Gasteiger partial charge < -0.3 is 16.4 Å². The van der Waals surface area contributed by atoms with Crippen molar-refractivity contribution in [1.82, 2.24) is 0 Å². The standard InChI is InChI=1S/C12H16FN3O3S/c13-9-7-10(14)8(12(15)17)6-11(9)16-2-1-4-20(18,19)5-3-16/h6-7H,1-5,14H2,(H2,15,17). The Balaban J connectivity index is 2.37. The molecule has 1 saturated heterocycles. The lowest BCUT2D eigenvalue weighted by Gasteiger charge is -2.23. The number of sulfone groups is 1. The molecule has 1 heterocycles. The molecular formula is C12H16FN3O3S. The fourth-order valence-corrected chi connectivity index (χ4v) is 3.48. The number of primary amides is 1. The Bertz CT molecular complexity index is 646. The van der Waals surface area contributed by atoms with Gasteiger partial charge in [-0.15, -0.1) is 0 Å². The molecule has 0 unspecified atom stereocenters. The van der Waals surface area contributed by atoms with Crippen LogP contribution in [0.1, 0.15) is 16.8 Å². The first-order valence-electron chi connectivity index (χ1n) is 6.14. The topological polar surface area (TPSA) is 106 Å². The van der Waals surface area contributed by atoms with Crippen LogP contribution in [0.2, 0.25) is 0 Å². The van der Waals surface area contributed by atoms with Gasteiger partial charge in [0.1, 0.15) is 5.82 Å². The molecule has 4 N–H and O–H groups in total. The van der Waals surface area contributed by atoms with Crippen LogP contribution in [0, 0.1) is 5.82 Å². The lowest BCUT2D eigenvalue weighted by Crippen LogP contribution is -2.28. The van der Waals surface area contributed by atoms with Crippen molar-refractivity contribution in [3.05, 3.63) is 23.5 Å². The maximum atomic E-state index is 14.0. The molecule has 20 heavy (non-hydrogen) atoms. The Morgan fingerprint density at radius 3 is 2.60 bits per heavy atom. The van der Waals surface area contributed by atoms with Crippen molar-refractivity contribution in [2.45, 2.75) is 6.42 Å². The minimum absolute atomic E-state index is 0.0267. The maximum absolute atomic E-state index is 14.0. The molecule has 0 atom stereocenters. The third-order valence-corrected chi connectivity index (χ3v) is 5.00. The number of rotatable bonds is 2. The van der Waals surface area contributed by atoms with Crippen LogP contribution >= 0.6 is 0 Å². The summed E-state index contributed by atoms with van der Waals surface area (Å²) in [7, 11) is -3.09.